The van der Waals surface area contributed by atoms with E-state index in [-0.39, 0.29) is 5.91 Å². The quantitative estimate of drug-likeness (QED) is 0.383. The molecule has 3 aromatic carbocycles. The molecule has 0 aliphatic rings. The number of pyridine rings is 1. The lowest BCUT2D eigenvalue weighted by Gasteiger charge is -2.25. The molecule has 0 aliphatic heterocycles. The van der Waals surface area contributed by atoms with E-state index in [2.05, 4.69) is 15.6 Å². The van der Waals surface area contributed by atoms with E-state index < -0.39 is 17.7 Å². The smallest absolute Gasteiger partial charge is 0.408 e. The summed E-state index contributed by atoms with van der Waals surface area (Å²) >= 11 is 0. The molecule has 6 heteroatoms. The highest BCUT2D eigenvalue weighted by atomic mass is 16.6. The van der Waals surface area contributed by atoms with Gasteiger partial charge in [0.25, 0.3) is 5.91 Å². The molecule has 1 aromatic heterocycles. The average Bonchev–Trinajstić information content (AvgIpc) is 2.83. The number of rotatable bonds is 5. The van der Waals surface area contributed by atoms with Crippen LogP contribution in [0.4, 0.5) is 10.5 Å². The molecule has 4 rings (SSSR count). The van der Waals surface area contributed by atoms with E-state index in [9.17, 15) is 9.59 Å². The van der Waals surface area contributed by atoms with Gasteiger partial charge < -0.3 is 15.4 Å². The van der Waals surface area contributed by atoms with E-state index in [1.807, 2.05) is 93.6 Å². The molecule has 0 saturated carbocycles. The standard InChI is InChI=1S/C28H27N3O3/c1-28(2,3)34-27(33)31-24(19-11-6-4-7-12-19)22-16-17-23(25-21(22)15-10-18-29-25)30-26(32)20-13-8-5-9-14-20/h4-18,24H,1-3H3,(H,30,32)(H,31,33). The number of anilines is 1. The van der Waals surface area contributed by atoms with Crippen LogP contribution in [-0.2, 0) is 4.74 Å². The summed E-state index contributed by atoms with van der Waals surface area (Å²) in [6.45, 7) is 5.48. The highest BCUT2D eigenvalue weighted by Crippen LogP contribution is 2.32. The summed E-state index contributed by atoms with van der Waals surface area (Å²) in [6, 6.07) is 25.7. The summed E-state index contributed by atoms with van der Waals surface area (Å²) in [5.41, 5.74) is 2.91. The second kappa shape index (κ2) is 9.75. The van der Waals surface area contributed by atoms with Crippen LogP contribution in [0.1, 0.15) is 48.3 Å². The minimum absolute atomic E-state index is 0.216. The van der Waals surface area contributed by atoms with Gasteiger partial charge in [0, 0.05) is 17.1 Å². The summed E-state index contributed by atoms with van der Waals surface area (Å²) in [5.74, 6) is -0.216. The average molecular weight is 454 g/mol. The maximum atomic E-state index is 12.8. The van der Waals surface area contributed by atoms with E-state index in [1.54, 1.807) is 18.3 Å². The van der Waals surface area contributed by atoms with E-state index in [1.165, 1.54) is 0 Å². The van der Waals surface area contributed by atoms with Crippen LogP contribution in [0.2, 0.25) is 0 Å². The van der Waals surface area contributed by atoms with Crippen molar-refractivity contribution in [3.63, 3.8) is 0 Å². The Kier molecular flexibility index (Phi) is 6.59. The molecule has 1 unspecified atom stereocenters. The first-order valence-electron chi connectivity index (χ1n) is 11.1. The number of nitrogens with one attached hydrogen (secondary N) is 2. The zero-order chi connectivity index (χ0) is 24.1. The second-order valence-corrected chi connectivity index (χ2v) is 8.91. The van der Waals surface area contributed by atoms with Gasteiger partial charge >= 0.3 is 6.09 Å². The van der Waals surface area contributed by atoms with Gasteiger partial charge in [0.2, 0.25) is 0 Å². The summed E-state index contributed by atoms with van der Waals surface area (Å²) in [5, 5.41) is 6.79. The molecule has 172 valence electrons. The molecular formula is C28H27N3O3. The van der Waals surface area contributed by atoms with Crippen LogP contribution in [0.15, 0.2) is 91.1 Å². The van der Waals surface area contributed by atoms with Crippen LogP contribution in [0.3, 0.4) is 0 Å². The number of aromatic nitrogens is 1. The molecule has 4 aromatic rings. The number of benzene rings is 3. The molecule has 2 N–H and O–H groups in total. The summed E-state index contributed by atoms with van der Waals surface area (Å²) in [6.07, 6.45) is 1.17. The maximum Gasteiger partial charge on any atom is 0.408 e. The van der Waals surface area contributed by atoms with Crippen molar-refractivity contribution in [2.75, 3.05) is 5.32 Å². The third kappa shape index (κ3) is 5.41. The van der Waals surface area contributed by atoms with Gasteiger partial charge in [-0.1, -0.05) is 60.7 Å². The minimum Gasteiger partial charge on any atom is -0.444 e. The van der Waals surface area contributed by atoms with Gasteiger partial charge in [0.05, 0.1) is 17.2 Å². The predicted molar refractivity (Wildman–Crippen MR) is 134 cm³/mol. The zero-order valence-corrected chi connectivity index (χ0v) is 19.4. The number of hydrogen-bond donors (Lipinski definition) is 2. The fraction of sp³-hybridized carbons (Fsp3) is 0.179. The number of nitrogens with zero attached hydrogens (tertiary/aromatic N) is 1. The van der Waals surface area contributed by atoms with Crippen molar-refractivity contribution in [2.45, 2.75) is 32.4 Å². The van der Waals surface area contributed by atoms with Gasteiger partial charge in [-0.25, -0.2) is 4.79 Å². The highest BCUT2D eigenvalue weighted by Gasteiger charge is 2.24. The SMILES string of the molecule is CC(C)(C)OC(=O)NC(c1ccccc1)c1ccc(NC(=O)c2ccccc2)c2ncccc12. The number of amides is 2. The number of carbonyl (C=O) groups excluding carboxylic acids is 2. The number of carbonyl (C=O) groups is 2. The first-order chi connectivity index (χ1) is 16.3. The molecule has 1 atom stereocenters. The molecule has 0 saturated heterocycles. The minimum atomic E-state index is -0.624. The van der Waals surface area contributed by atoms with Gasteiger partial charge in [-0.15, -0.1) is 0 Å². The van der Waals surface area contributed by atoms with Crippen molar-refractivity contribution in [1.29, 1.82) is 0 Å². The first kappa shape index (κ1) is 23.0. The number of fused-ring (bicyclic) bond motifs is 1. The van der Waals surface area contributed by atoms with Crippen LogP contribution >= 0.6 is 0 Å². The molecule has 0 fully saturated rings. The predicted octanol–water partition coefficient (Wildman–Crippen LogP) is 6.10. The van der Waals surface area contributed by atoms with Gasteiger partial charge in [0.1, 0.15) is 5.60 Å². The summed E-state index contributed by atoms with van der Waals surface area (Å²) in [4.78, 5) is 30.0. The van der Waals surface area contributed by atoms with Crippen LogP contribution in [0.25, 0.3) is 10.9 Å². The van der Waals surface area contributed by atoms with Gasteiger partial charge in [-0.3, -0.25) is 9.78 Å². The fourth-order valence-electron chi connectivity index (χ4n) is 3.74. The Balaban J connectivity index is 1.74. The first-order valence-corrected chi connectivity index (χ1v) is 11.1. The molecule has 0 radical (unpaired) electrons. The third-order valence-corrected chi connectivity index (χ3v) is 5.19. The maximum absolute atomic E-state index is 12.8. The topological polar surface area (TPSA) is 80.3 Å². The van der Waals surface area contributed by atoms with Gasteiger partial charge in [-0.05, 0) is 56.2 Å². The van der Waals surface area contributed by atoms with Crippen molar-refractivity contribution in [2.24, 2.45) is 0 Å². The van der Waals surface area contributed by atoms with Crippen molar-refractivity contribution < 1.29 is 14.3 Å². The lowest BCUT2D eigenvalue weighted by Crippen LogP contribution is -2.35. The van der Waals surface area contributed by atoms with E-state index in [0.717, 1.165) is 16.5 Å². The van der Waals surface area contributed by atoms with Crippen LogP contribution in [-0.4, -0.2) is 22.6 Å². The molecule has 0 spiro atoms. The molecule has 34 heavy (non-hydrogen) atoms. The summed E-state index contributed by atoms with van der Waals surface area (Å²) < 4.78 is 5.53. The second-order valence-electron chi connectivity index (χ2n) is 8.91. The lowest BCUT2D eigenvalue weighted by atomic mass is 9.94. The fourth-order valence-corrected chi connectivity index (χ4v) is 3.74. The molecule has 6 nitrogen and oxygen atoms in total. The lowest BCUT2D eigenvalue weighted by molar-refractivity contribution is 0.0512. The van der Waals surface area contributed by atoms with Crippen molar-refractivity contribution in [3.8, 4) is 0 Å². The Hall–Kier alpha value is -4.19. The number of ether oxygens (including phenoxy) is 1. The van der Waals surface area contributed by atoms with E-state index >= 15 is 0 Å². The van der Waals surface area contributed by atoms with E-state index in [4.69, 9.17) is 4.74 Å². The van der Waals surface area contributed by atoms with Crippen LogP contribution in [0, 0.1) is 0 Å². The molecular weight excluding hydrogens is 426 g/mol. The molecule has 2 amide bonds. The molecule has 0 bridgehead atoms. The third-order valence-electron chi connectivity index (χ3n) is 5.19. The van der Waals surface area contributed by atoms with Gasteiger partial charge in [-0.2, -0.15) is 0 Å². The van der Waals surface area contributed by atoms with Crippen molar-refractivity contribution in [3.05, 3.63) is 108 Å². The Bertz CT molecular complexity index is 1300. The number of hydrogen-bond acceptors (Lipinski definition) is 4. The largest absolute Gasteiger partial charge is 0.444 e. The van der Waals surface area contributed by atoms with Gasteiger partial charge in [0.15, 0.2) is 0 Å². The summed E-state index contributed by atoms with van der Waals surface area (Å²) in [7, 11) is 0. The van der Waals surface area contributed by atoms with Crippen molar-refractivity contribution >= 4 is 28.6 Å². The molecule has 0 aliphatic carbocycles. The monoisotopic (exact) mass is 453 g/mol. The van der Waals surface area contributed by atoms with Crippen LogP contribution in [0.5, 0.6) is 0 Å². The van der Waals surface area contributed by atoms with Crippen molar-refractivity contribution in [1.82, 2.24) is 10.3 Å². The Morgan fingerprint density at radius 1 is 0.853 bits per heavy atom. The van der Waals surface area contributed by atoms with E-state index in [0.29, 0.717) is 16.8 Å². The Morgan fingerprint density at radius 2 is 1.53 bits per heavy atom. The normalized spacial score (nSPS) is 12.1. The zero-order valence-electron chi connectivity index (χ0n) is 19.4. The number of alkyl carbamates (subject to hydrolysis) is 1. The van der Waals surface area contributed by atoms with Crippen LogP contribution < -0.4 is 10.6 Å². The highest BCUT2D eigenvalue weighted by molar-refractivity contribution is 6.08. The Labute approximate surface area is 199 Å². The Morgan fingerprint density at radius 3 is 2.21 bits per heavy atom. The molecule has 1 heterocycles.